The average molecular weight is 393 g/mol. The number of thiocarbonyl (C=S) groups is 1. The van der Waals surface area contributed by atoms with Gasteiger partial charge in [0.15, 0.2) is 5.11 Å². The fourth-order valence-electron chi connectivity index (χ4n) is 3.86. The van der Waals surface area contributed by atoms with Crippen LogP contribution in [0.5, 0.6) is 0 Å². The van der Waals surface area contributed by atoms with Gasteiger partial charge in [-0.1, -0.05) is 18.2 Å². The van der Waals surface area contributed by atoms with Crippen molar-refractivity contribution < 1.29 is 5.11 Å². The van der Waals surface area contributed by atoms with Gasteiger partial charge in [-0.05, 0) is 67.5 Å². The van der Waals surface area contributed by atoms with Crippen LogP contribution in [0.25, 0.3) is 5.69 Å². The average Bonchev–Trinajstić information content (AvgIpc) is 3.31. The first kappa shape index (κ1) is 18.7. The summed E-state index contributed by atoms with van der Waals surface area (Å²) in [5.74, 6) is 0. The third kappa shape index (κ3) is 3.53. The molecule has 144 valence electrons. The van der Waals surface area contributed by atoms with E-state index in [0.29, 0.717) is 18.1 Å². The number of hydrogen-bond acceptors (Lipinski definition) is 3. The van der Waals surface area contributed by atoms with Crippen molar-refractivity contribution in [3.8, 4) is 5.69 Å². The molecule has 0 radical (unpaired) electrons. The largest absolute Gasteiger partial charge is 0.396 e. The number of nitrogens with one attached hydrogen (secondary N) is 1. The number of benzene rings is 1. The van der Waals surface area contributed by atoms with E-state index in [0.717, 1.165) is 17.1 Å². The van der Waals surface area contributed by atoms with Gasteiger partial charge in [-0.15, -0.1) is 0 Å². The molecule has 0 unspecified atom stereocenters. The molecule has 0 spiro atoms. The SMILES string of the molecule is Cc1cccc(-n2cccc2[C@H]2[C@H](c3ccccn3)NC(=S)N2CCCO)c1. The van der Waals surface area contributed by atoms with Crippen LogP contribution in [-0.2, 0) is 0 Å². The summed E-state index contributed by atoms with van der Waals surface area (Å²) in [4.78, 5) is 6.75. The highest BCUT2D eigenvalue weighted by Gasteiger charge is 2.40. The Bertz CT molecular complexity index is 956. The van der Waals surface area contributed by atoms with Crippen LogP contribution < -0.4 is 5.32 Å². The van der Waals surface area contributed by atoms with Crippen LogP contribution in [0, 0.1) is 6.92 Å². The number of pyridine rings is 1. The van der Waals surface area contributed by atoms with E-state index >= 15 is 0 Å². The van der Waals surface area contributed by atoms with Crippen LogP contribution in [0.4, 0.5) is 0 Å². The summed E-state index contributed by atoms with van der Waals surface area (Å²) < 4.78 is 2.22. The summed E-state index contributed by atoms with van der Waals surface area (Å²) in [5.41, 5.74) is 4.44. The molecule has 5 nitrogen and oxygen atoms in total. The molecule has 1 fully saturated rings. The van der Waals surface area contributed by atoms with Crippen LogP contribution in [0.2, 0.25) is 0 Å². The molecule has 2 atom stereocenters. The Morgan fingerprint density at radius 3 is 2.79 bits per heavy atom. The first-order chi connectivity index (χ1) is 13.7. The van der Waals surface area contributed by atoms with E-state index in [1.165, 1.54) is 5.56 Å². The summed E-state index contributed by atoms with van der Waals surface area (Å²) in [7, 11) is 0. The summed E-state index contributed by atoms with van der Waals surface area (Å²) in [6.07, 6.45) is 4.57. The normalized spacial score (nSPS) is 19.1. The van der Waals surface area contributed by atoms with Gasteiger partial charge in [-0.2, -0.15) is 0 Å². The smallest absolute Gasteiger partial charge is 0.170 e. The van der Waals surface area contributed by atoms with Gasteiger partial charge in [0, 0.05) is 36.9 Å². The summed E-state index contributed by atoms with van der Waals surface area (Å²) in [6, 6.07) is 18.6. The van der Waals surface area contributed by atoms with Crippen LogP contribution in [0.15, 0.2) is 67.0 Å². The predicted molar refractivity (Wildman–Crippen MR) is 114 cm³/mol. The van der Waals surface area contributed by atoms with E-state index < -0.39 is 0 Å². The van der Waals surface area contributed by atoms with Crippen molar-refractivity contribution >= 4 is 17.3 Å². The molecular formula is C22H24N4OS. The van der Waals surface area contributed by atoms with Gasteiger partial charge < -0.3 is 19.9 Å². The molecule has 6 heteroatoms. The van der Waals surface area contributed by atoms with Crippen LogP contribution in [-0.4, -0.2) is 37.8 Å². The Labute approximate surface area is 170 Å². The molecule has 1 aliphatic rings. The van der Waals surface area contributed by atoms with Gasteiger partial charge in [0.1, 0.15) is 0 Å². The molecule has 1 aliphatic heterocycles. The number of aliphatic hydroxyl groups is 1. The molecule has 0 saturated carbocycles. The van der Waals surface area contributed by atoms with E-state index in [9.17, 15) is 5.11 Å². The van der Waals surface area contributed by atoms with Gasteiger partial charge >= 0.3 is 0 Å². The first-order valence-electron chi connectivity index (χ1n) is 9.52. The minimum absolute atomic E-state index is 0.00976. The lowest BCUT2D eigenvalue weighted by Crippen LogP contribution is -2.31. The highest BCUT2D eigenvalue weighted by Crippen LogP contribution is 2.39. The zero-order valence-electron chi connectivity index (χ0n) is 15.8. The highest BCUT2D eigenvalue weighted by atomic mass is 32.1. The Morgan fingerprint density at radius 1 is 1.14 bits per heavy atom. The second-order valence-electron chi connectivity index (χ2n) is 7.04. The zero-order valence-corrected chi connectivity index (χ0v) is 16.6. The van der Waals surface area contributed by atoms with Gasteiger partial charge in [-0.3, -0.25) is 4.98 Å². The highest BCUT2D eigenvalue weighted by molar-refractivity contribution is 7.80. The zero-order chi connectivity index (χ0) is 19.5. The molecular weight excluding hydrogens is 368 g/mol. The molecule has 0 amide bonds. The molecule has 2 N–H and O–H groups in total. The molecule has 0 aliphatic carbocycles. The first-order valence-corrected chi connectivity index (χ1v) is 9.93. The minimum Gasteiger partial charge on any atom is -0.396 e. The van der Waals surface area contributed by atoms with Gasteiger partial charge in [0.25, 0.3) is 0 Å². The lowest BCUT2D eigenvalue weighted by molar-refractivity contribution is 0.245. The monoisotopic (exact) mass is 392 g/mol. The third-order valence-electron chi connectivity index (χ3n) is 5.12. The number of aromatic nitrogens is 2. The fraction of sp³-hybridized carbons (Fsp3) is 0.273. The Morgan fingerprint density at radius 2 is 2.04 bits per heavy atom. The van der Waals surface area contributed by atoms with Crippen molar-refractivity contribution in [1.82, 2.24) is 19.8 Å². The number of hydrogen-bond donors (Lipinski definition) is 2. The summed E-state index contributed by atoms with van der Waals surface area (Å²) in [6.45, 7) is 2.93. The van der Waals surface area contributed by atoms with Gasteiger partial charge in [0.05, 0.1) is 17.8 Å². The second-order valence-corrected chi connectivity index (χ2v) is 7.43. The van der Waals surface area contributed by atoms with E-state index in [2.05, 4.69) is 69.3 Å². The molecule has 0 bridgehead atoms. The molecule has 1 aromatic carbocycles. The van der Waals surface area contributed by atoms with Crippen molar-refractivity contribution in [2.75, 3.05) is 13.2 Å². The quantitative estimate of drug-likeness (QED) is 0.629. The van der Waals surface area contributed by atoms with E-state index in [4.69, 9.17) is 12.2 Å². The number of nitrogens with zero attached hydrogens (tertiary/aromatic N) is 3. The third-order valence-corrected chi connectivity index (χ3v) is 5.47. The van der Waals surface area contributed by atoms with Gasteiger partial charge in [-0.25, -0.2) is 0 Å². The van der Waals surface area contributed by atoms with Crippen molar-refractivity contribution in [2.45, 2.75) is 25.4 Å². The van der Waals surface area contributed by atoms with Crippen molar-refractivity contribution in [2.24, 2.45) is 0 Å². The molecule has 2 aromatic heterocycles. The van der Waals surface area contributed by atoms with Crippen LogP contribution >= 0.6 is 12.2 Å². The lowest BCUT2D eigenvalue weighted by atomic mass is 10.0. The topological polar surface area (TPSA) is 53.3 Å². The standard InChI is InChI=1S/C22H24N4OS/c1-16-7-4-8-17(15-16)25-12-5-10-19(25)21-20(18-9-2-3-11-23-18)24-22(28)26(21)13-6-14-27/h2-5,7-12,15,20-21,27H,6,13-14H2,1H3,(H,24,28)/t20-,21-/m0/s1. The van der Waals surface area contributed by atoms with Crippen molar-refractivity contribution in [3.05, 3.63) is 83.9 Å². The fourth-order valence-corrected chi connectivity index (χ4v) is 4.19. The van der Waals surface area contributed by atoms with E-state index in [-0.39, 0.29) is 18.7 Å². The predicted octanol–water partition coefficient (Wildman–Crippen LogP) is 3.54. The van der Waals surface area contributed by atoms with E-state index in [1.807, 2.05) is 24.4 Å². The van der Waals surface area contributed by atoms with Crippen LogP contribution in [0.1, 0.15) is 35.5 Å². The van der Waals surface area contributed by atoms with Crippen LogP contribution in [0.3, 0.4) is 0 Å². The molecule has 3 heterocycles. The molecule has 28 heavy (non-hydrogen) atoms. The molecule has 1 saturated heterocycles. The Hall–Kier alpha value is -2.70. The summed E-state index contributed by atoms with van der Waals surface area (Å²) in [5, 5.41) is 13.5. The number of rotatable bonds is 6. The lowest BCUT2D eigenvalue weighted by Gasteiger charge is -2.28. The van der Waals surface area contributed by atoms with Gasteiger partial charge in [0.2, 0.25) is 0 Å². The Kier molecular flexibility index (Phi) is 5.41. The maximum atomic E-state index is 9.37. The van der Waals surface area contributed by atoms with Crippen molar-refractivity contribution in [3.63, 3.8) is 0 Å². The molecule has 4 rings (SSSR count). The molecule has 3 aromatic rings. The summed E-state index contributed by atoms with van der Waals surface area (Å²) >= 11 is 5.66. The maximum absolute atomic E-state index is 9.37. The second kappa shape index (κ2) is 8.12. The minimum atomic E-state index is -0.0501. The number of aliphatic hydroxyl groups excluding tert-OH is 1. The van der Waals surface area contributed by atoms with Crippen molar-refractivity contribution in [1.29, 1.82) is 0 Å². The number of aryl methyl sites for hydroxylation is 1. The van der Waals surface area contributed by atoms with E-state index in [1.54, 1.807) is 0 Å². The Balaban J connectivity index is 1.79. The maximum Gasteiger partial charge on any atom is 0.170 e.